The highest BCUT2D eigenvalue weighted by Gasteiger charge is 2.38. The summed E-state index contributed by atoms with van der Waals surface area (Å²) in [6.45, 7) is 0.221. The lowest BCUT2D eigenvalue weighted by Gasteiger charge is -2.21. The van der Waals surface area contributed by atoms with Crippen LogP contribution in [-0.2, 0) is 12.7 Å². The lowest BCUT2D eigenvalue weighted by atomic mass is 10.2. The van der Waals surface area contributed by atoms with Crippen LogP contribution in [0.5, 0.6) is 0 Å². The van der Waals surface area contributed by atoms with Gasteiger partial charge in [-0.05, 0) is 18.2 Å². The first-order chi connectivity index (χ1) is 15.3. The Balaban J connectivity index is 1.65. The predicted octanol–water partition coefficient (Wildman–Crippen LogP) is 3.09. The molecule has 0 aliphatic heterocycles. The van der Waals surface area contributed by atoms with Crippen molar-refractivity contribution in [1.82, 2.24) is 35.6 Å². The van der Waals surface area contributed by atoms with E-state index in [1.807, 2.05) is 0 Å². The van der Waals surface area contributed by atoms with Gasteiger partial charge >= 0.3 is 12.1 Å². The quantitative estimate of drug-likeness (QED) is 0.460. The van der Waals surface area contributed by atoms with Crippen LogP contribution in [0.4, 0.5) is 24.8 Å². The summed E-state index contributed by atoms with van der Waals surface area (Å²) in [6, 6.07) is 4.85. The van der Waals surface area contributed by atoms with Crippen LogP contribution in [0.2, 0.25) is 0 Å². The van der Waals surface area contributed by atoms with Gasteiger partial charge in [0.1, 0.15) is 0 Å². The molecule has 164 valence electrons. The number of hydrogen-bond donors (Lipinski definition) is 1. The summed E-state index contributed by atoms with van der Waals surface area (Å²) in [7, 11) is 1.50. The Bertz CT molecular complexity index is 1230. The predicted molar refractivity (Wildman–Crippen MR) is 106 cm³/mol. The number of nitrogens with one attached hydrogen (secondary N) is 1. The van der Waals surface area contributed by atoms with Gasteiger partial charge < -0.3 is 14.7 Å². The Morgan fingerprint density at radius 2 is 2.06 bits per heavy atom. The number of amides is 1. The molecule has 1 amide bonds. The number of halogens is 3. The Morgan fingerprint density at radius 3 is 2.75 bits per heavy atom. The van der Waals surface area contributed by atoms with Crippen molar-refractivity contribution in [3.8, 4) is 10.7 Å². The molecule has 1 N–H and O–H groups in total. The second-order valence-electron chi connectivity index (χ2n) is 6.22. The third kappa shape index (κ3) is 4.54. The number of nitrogens with zero attached hydrogens (tertiary/aromatic N) is 7. The molecule has 0 saturated carbocycles. The molecule has 4 aromatic rings. The Morgan fingerprint density at radius 1 is 1.22 bits per heavy atom. The molecule has 10 nitrogen and oxygen atoms in total. The van der Waals surface area contributed by atoms with Crippen molar-refractivity contribution in [3.05, 3.63) is 59.3 Å². The molecule has 0 spiro atoms. The van der Waals surface area contributed by atoms with Gasteiger partial charge in [-0.3, -0.25) is 9.78 Å². The van der Waals surface area contributed by atoms with Crippen LogP contribution < -0.4 is 10.2 Å². The van der Waals surface area contributed by atoms with E-state index in [0.717, 1.165) is 4.88 Å². The molecule has 0 saturated heterocycles. The largest absolute Gasteiger partial charge is 0.471 e. The van der Waals surface area contributed by atoms with Gasteiger partial charge in [-0.1, -0.05) is 5.16 Å². The minimum atomic E-state index is -4.72. The lowest BCUT2D eigenvalue weighted by Crippen LogP contribution is -2.22. The molecule has 32 heavy (non-hydrogen) atoms. The van der Waals surface area contributed by atoms with Crippen LogP contribution in [0.15, 0.2) is 47.5 Å². The maximum atomic E-state index is 12.7. The Labute approximate surface area is 182 Å². The molecule has 0 atom stereocenters. The zero-order valence-corrected chi connectivity index (χ0v) is 17.1. The number of carbonyl (C=O) groups excluding carboxylic acids is 1. The zero-order valence-electron chi connectivity index (χ0n) is 16.2. The van der Waals surface area contributed by atoms with Crippen LogP contribution in [-0.4, -0.2) is 43.3 Å². The Hall–Kier alpha value is -3.94. The van der Waals surface area contributed by atoms with Crippen molar-refractivity contribution in [3.63, 3.8) is 0 Å². The molecular formula is C18H13F3N8O2S. The molecule has 0 aliphatic rings. The average molecular weight is 462 g/mol. The molecule has 4 heterocycles. The van der Waals surface area contributed by atoms with E-state index in [0.29, 0.717) is 22.1 Å². The second-order valence-corrected chi connectivity index (χ2v) is 7.39. The fourth-order valence-corrected chi connectivity index (χ4v) is 3.57. The van der Waals surface area contributed by atoms with E-state index in [4.69, 9.17) is 0 Å². The summed E-state index contributed by atoms with van der Waals surface area (Å²) in [4.78, 5) is 26.5. The number of aromatic nitrogens is 6. The summed E-state index contributed by atoms with van der Waals surface area (Å²) in [5, 5.41) is 13.9. The third-order valence-corrected chi connectivity index (χ3v) is 5.16. The van der Waals surface area contributed by atoms with E-state index in [9.17, 15) is 18.0 Å². The van der Waals surface area contributed by atoms with E-state index in [1.54, 1.807) is 23.1 Å². The molecule has 4 rings (SSSR count). The SMILES string of the molecule is CNC(=O)c1cnnc(N(Cc2ccc(-c3noc(C(F)(F)F)n3)s2)c2cnccn2)c1. The highest BCUT2D eigenvalue weighted by atomic mass is 32.1. The number of rotatable bonds is 6. The van der Waals surface area contributed by atoms with Gasteiger partial charge in [0.2, 0.25) is 5.82 Å². The van der Waals surface area contributed by atoms with Crippen LogP contribution in [0.25, 0.3) is 10.7 Å². The topological polar surface area (TPSA) is 123 Å². The molecule has 0 aliphatic carbocycles. The highest BCUT2D eigenvalue weighted by molar-refractivity contribution is 7.15. The van der Waals surface area contributed by atoms with Crippen LogP contribution in [0.3, 0.4) is 0 Å². The summed E-state index contributed by atoms with van der Waals surface area (Å²) >= 11 is 1.17. The van der Waals surface area contributed by atoms with E-state index < -0.39 is 12.1 Å². The molecule has 0 bridgehead atoms. The van der Waals surface area contributed by atoms with Gasteiger partial charge in [-0.15, -0.1) is 16.4 Å². The first-order valence-corrected chi connectivity index (χ1v) is 9.75. The fourth-order valence-electron chi connectivity index (χ4n) is 2.64. The van der Waals surface area contributed by atoms with Crippen LogP contribution in [0.1, 0.15) is 21.1 Å². The van der Waals surface area contributed by atoms with E-state index in [2.05, 4.69) is 40.1 Å². The van der Waals surface area contributed by atoms with E-state index in [-0.39, 0.29) is 18.3 Å². The molecular weight excluding hydrogens is 449 g/mol. The van der Waals surface area contributed by atoms with Crippen molar-refractivity contribution in [2.75, 3.05) is 11.9 Å². The second kappa shape index (κ2) is 8.66. The molecule has 0 unspecified atom stereocenters. The highest BCUT2D eigenvalue weighted by Crippen LogP contribution is 2.33. The van der Waals surface area contributed by atoms with Gasteiger partial charge in [-0.25, -0.2) is 4.98 Å². The minimum absolute atomic E-state index is 0.166. The Kier molecular flexibility index (Phi) is 5.77. The smallest absolute Gasteiger partial charge is 0.355 e. The normalized spacial score (nSPS) is 11.4. The molecule has 0 fully saturated rings. The number of hydrogen-bond acceptors (Lipinski definition) is 10. The average Bonchev–Trinajstić information content (AvgIpc) is 3.47. The lowest BCUT2D eigenvalue weighted by molar-refractivity contribution is -0.159. The van der Waals surface area contributed by atoms with Crippen molar-refractivity contribution >= 4 is 28.9 Å². The standard InChI is InChI=1S/C18H13F3N8O2S/c1-22-16(30)10-6-13(27-25-7-10)29(14-8-23-4-5-24-14)9-11-2-3-12(32-11)15-26-17(31-28-15)18(19,20)21/h2-8H,9H2,1H3,(H,22,30). The third-order valence-electron chi connectivity index (χ3n) is 4.10. The first-order valence-electron chi connectivity index (χ1n) is 8.93. The van der Waals surface area contributed by atoms with E-state index in [1.165, 1.54) is 43.2 Å². The van der Waals surface area contributed by atoms with Gasteiger partial charge in [0.25, 0.3) is 5.91 Å². The van der Waals surface area contributed by atoms with Crippen LogP contribution >= 0.6 is 11.3 Å². The molecule has 4 aromatic heterocycles. The summed E-state index contributed by atoms with van der Waals surface area (Å²) in [5.74, 6) is -1.15. The van der Waals surface area contributed by atoms with Crippen molar-refractivity contribution in [1.29, 1.82) is 0 Å². The maximum absolute atomic E-state index is 12.7. The van der Waals surface area contributed by atoms with Crippen molar-refractivity contribution in [2.24, 2.45) is 0 Å². The van der Waals surface area contributed by atoms with Gasteiger partial charge in [0.15, 0.2) is 11.6 Å². The summed E-state index contributed by atoms with van der Waals surface area (Å²) in [6.07, 6.45) is 1.12. The summed E-state index contributed by atoms with van der Waals surface area (Å²) < 4.78 is 42.5. The van der Waals surface area contributed by atoms with Crippen molar-refractivity contribution in [2.45, 2.75) is 12.7 Å². The maximum Gasteiger partial charge on any atom is 0.471 e. The number of thiophene rings is 1. The van der Waals surface area contributed by atoms with Crippen LogP contribution in [0, 0.1) is 0 Å². The zero-order chi connectivity index (χ0) is 22.7. The minimum Gasteiger partial charge on any atom is -0.355 e. The molecule has 0 aromatic carbocycles. The monoisotopic (exact) mass is 462 g/mol. The van der Waals surface area contributed by atoms with E-state index >= 15 is 0 Å². The first kappa shape index (κ1) is 21.3. The van der Waals surface area contributed by atoms with Crippen molar-refractivity contribution < 1.29 is 22.5 Å². The fraction of sp³-hybridized carbons (Fsp3) is 0.167. The van der Waals surface area contributed by atoms with Gasteiger partial charge in [0.05, 0.1) is 29.4 Å². The number of anilines is 2. The molecule has 14 heteroatoms. The molecule has 0 radical (unpaired) electrons. The summed E-state index contributed by atoms with van der Waals surface area (Å²) in [5.41, 5.74) is 0.296. The number of carbonyl (C=O) groups is 1. The van der Waals surface area contributed by atoms with Gasteiger partial charge in [-0.2, -0.15) is 23.3 Å². The van der Waals surface area contributed by atoms with Gasteiger partial charge in [0, 0.05) is 24.3 Å². The number of alkyl halides is 3.